The van der Waals surface area contributed by atoms with Crippen molar-refractivity contribution in [3.63, 3.8) is 0 Å². The summed E-state index contributed by atoms with van der Waals surface area (Å²) in [6, 6.07) is 10.4. The minimum absolute atomic E-state index is 0.205. The van der Waals surface area contributed by atoms with Gasteiger partial charge in [-0.25, -0.2) is 0 Å². The van der Waals surface area contributed by atoms with E-state index in [-0.39, 0.29) is 12.1 Å². The van der Waals surface area contributed by atoms with Crippen LogP contribution in [0.5, 0.6) is 0 Å². The van der Waals surface area contributed by atoms with E-state index in [0.717, 1.165) is 29.8 Å². The van der Waals surface area contributed by atoms with Crippen molar-refractivity contribution in [3.05, 3.63) is 36.1 Å². The van der Waals surface area contributed by atoms with Gasteiger partial charge in [-0.3, -0.25) is 0 Å². The Bertz CT molecular complexity index is 457. The van der Waals surface area contributed by atoms with E-state index in [9.17, 15) is 0 Å². The van der Waals surface area contributed by atoms with E-state index in [1.54, 1.807) is 0 Å². The maximum atomic E-state index is 5.86. The molecular weight excluding hydrogens is 226 g/mol. The van der Waals surface area contributed by atoms with Gasteiger partial charge in [0, 0.05) is 12.0 Å². The van der Waals surface area contributed by atoms with Gasteiger partial charge in [0.2, 0.25) is 0 Å². The Balaban J connectivity index is 2.07. The van der Waals surface area contributed by atoms with Gasteiger partial charge in [-0.1, -0.05) is 18.2 Å². The molecule has 2 rings (SSSR count). The second kappa shape index (κ2) is 6.03. The van der Waals surface area contributed by atoms with Crippen molar-refractivity contribution in [2.24, 2.45) is 0 Å². The standard InChI is InChI=1S/C15H21NO2/c1-11(2)17-9-8-13(16-3)15-10-12-6-4-5-7-14(12)18-15/h4-7,10-11,13,16H,8-9H2,1-3H3. The van der Waals surface area contributed by atoms with Crippen LogP contribution < -0.4 is 5.32 Å². The molecule has 3 heteroatoms. The number of hydrogen-bond acceptors (Lipinski definition) is 3. The van der Waals surface area contributed by atoms with Gasteiger partial charge < -0.3 is 14.5 Å². The summed E-state index contributed by atoms with van der Waals surface area (Å²) in [5, 5.41) is 4.43. The third kappa shape index (κ3) is 3.12. The second-order valence-electron chi connectivity index (χ2n) is 4.74. The molecule has 1 N–H and O–H groups in total. The zero-order valence-electron chi connectivity index (χ0n) is 11.3. The molecule has 0 fully saturated rings. The molecular formula is C15H21NO2. The summed E-state index contributed by atoms with van der Waals surface area (Å²) in [7, 11) is 1.95. The molecule has 0 spiro atoms. The molecule has 0 aliphatic carbocycles. The van der Waals surface area contributed by atoms with E-state index in [2.05, 4.69) is 31.3 Å². The molecule has 98 valence electrons. The summed E-state index contributed by atoms with van der Waals surface area (Å²) in [6.07, 6.45) is 1.19. The first-order valence-corrected chi connectivity index (χ1v) is 6.48. The summed E-state index contributed by atoms with van der Waals surface area (Å²) in [5.41, 5.74) is 0.942. The number of furan rings is 1. The number of fused-ring (bicyclic) bond motifs is 1. The lowest BCUT2D eigenvalue weighted by atomic mass is 10.1. The van der Waals surface area contributed by atoms with Gasteiger partial charge in [0.05, 0.1) is 12.1 Å². The van der Waals surface area contributed by atoms with Crippen LogP contribution in [0, 0.1) is 0 Å². The van der Waals surface area contributed by atoms with Crippen molar-refractivity contribution in [3.8, 4) is 0 Å². The average molecular weight is 247 g/mol. The lowest BCUT2D eigenvalue weighted by Crippen LogP contribution is -2.18. The maximum Gasteiger partial charge on any atom is 0.134 e. The third-order valence-electron chi connectivity index (χ3n) is 2.99. The average Bonchev–Trinajstić information content (AvgIpc) is 2.77. The molecule has 18 heavy (non-hydrogen) atoms. The van der Waals surface area contributed by atoms with E-state index >= 15 is 0 Å². The highest BCUT2D eigenvalue weighted by atomic mass is 16.5. The molecule has 0 aliphatic rings. The smallest absolute Gasteiger partial charge is 0.134 e. The van der Waals surface area contributed by atoms with Crippen LogP contribution in [0.3, 0.4) is 0 Å². The zero-order valence-corrected chi connectivity index (χ0v) is 11.3. The predicted molar refractivity (Wildman–Crippen MR) is 73.7 cm³/mol. The van der Waals surface area contributed by atoms with E-state index in [1.807, 2.05) is 25.2 Å². The Morgan fingerprint density at radius 2 is 2.06 bits per heavy atom. The van der Waals surface area contributed by atoms with Crippen molar-refractivity contribution >= 4 is 11.0 Å². The minimum Gasteiger partial charge on any atom is -0.459 e. The molecule has 1 unspecified atom stereocenters. The van der Waals surface area contributed by atoms with Crippen LogP contribution in [-0.2, 0) is 4.74 Å². The molecule has 1 atom stereocenters. The lowest BCUT2D eigenvalue weighted by molar-refractivity contribution is 0.0707. The summed E-state index contributed by atoms with van der Waals surface area (Å²) in [4.78, 5) is 0. The Labute approximate surface area is 108 Å². The first kappa shape index (κ1) is 13.1. The molecule has 1 heterocycles. The summed E-state index contributed by atoms with van der Waals surface area (Å²) >= 11 is 0. The molecule has 0 amide bonds. The number of rotatable bonds is 6. The fraction of sp³-hybridized carbons (Fsp3) is 0.467. The van der Waals surface area contributed by atoms with Gasteiger partial charge >= 0.3 is 0 Å². The minimum atomic E-state index is 0.205. The molecule has 2 aromatic rings. The van der Waals surface area contributed by atoms with Crippen molar-refractivity contribution in [2.75, 3.05) is 13.7 Å². The van der Waals surface area contributed by atoms with E-state index in [4.69, 9.17) is 9.15 Å². The zero-order chi connectivity index (χ0) is 13.0. The van der Waals surface area contributed by atoms with Crippen LogP contribution in [0.2, 0.25) is 0 Å². The van der Waals surface area contributed by atoms with Gasteiger partial charge in [-0.05, 0) is 39.4 Å². The third-order valence-corrected chi connectivity index (χ3v) is 2.99. The van der Waals surface area contributed by atoms with Gasteiger partial charge in [-0.15, -0.1) is 0 Å². The highest BCUT2D eigenvalue weighted by Gasteiger charge is 2.14. The van der Waals surface area contributed by atoms with Crippen LogP contribution in [-0.4, -0.2) is 19.8 Å². The molecule has 0 aliphatic heterocycles. The van der Waals surface area contributed by atoms with Crippen LogP contribution >= 0.6 is 0 Å². The number of nitrogens with one attached hydrogen (secondary N) is 1. The van der Waals surface area contributed by atoms with Crippen molar-refractivity contribution in [1.29, 1.82) is 0 Å². The summed E-state index contributed by atoms with van der Waals surface area (Å²) in [6.45, 7) is 4.84. The quantitative estimate of drug-likeness (QED) is 0.848. The molecule has 1 aromatic heterocycles. The first-order chi connectivity index (χ1) is 8.70. The molecule has 0 saturated heterocycles. The molecule has 1 aromatic carbocycles. The normalized spacial score (nSPS) is 13.3. The fourth-order valence-electron chi connectivity index (χ4n) is 2.02. The predicted octanol–water partition coefficient (Wildman–Crippen LogP) is 3.51. The molecule has 0 bridgehead atoms. The highest BCUT2D eigenvalue weighted by molar-refractivity contribution is 5.77. The van der Waals surface area contributed by atoms with Crippen LogP contribution in [0.1, 0.15) is 32.1 Å². The van der Waals surface area contributed by atoms with E-state index < -0.39 is 0 Å². The number of benzene rings is 1. The Kier molecular flexibility index (Phi) is 4.39. The largest absolute Gasteiger partial charge is 0.459 e. The van der Waals surface area contributed by atoms with Crippen molar-refractivity contribution in [2.45, 2.75) is 32.4 Å². The monoisotopic (exact) mass is 247 g/mol. The highest BCUT2D eigenvalue weighted by Crippen LogP contribution is 2.25. The van der Waals surface area contributed by atoms with Gasteiger partial charge in [0.1, 0.15) is 11.3 Å². The van der Waals surface area contributed by atoms with Crippen molar-refractivity contribution in [1.82, 2.24) is 5.32 Å². The van der Waals surface area contributed by atoms with E-state index in [0.29, 0.717) is 0 Å². The first-order valence-electron chi connectivity index (χ1n) is 6.48. The molecule has 0 radical (unpaired) electrons. The fourth-order valence-corrected chi connectivity index (χ4v) is 2.02. The van der Waals surface area contributed by atoms with Crippen LogP contribution in [0.4, 0.5) is 0 Å². The van der Waals surface area contributed by atoms with Crippen LogP contribution in [0.15, 0.2) is 34.7 Å². The topological polar surface area (TPSA) is 34.4 Å². The van der Waals surface area contributed by atoms with Crippen molar-refractivity contribution < 1.29 is 9.15 Å². The second-order valence-corrected chi connectivity index (χ2v) is 4.74. The lowest BCUT2D eigenvalue weighted by Gasteiger charge is -2.14. The van der Waals surface area contributed by atoms with Gasteiger partial charge in [0.15, 0.2) is 0 Å². The summed E-state index contributed by atoms with van der Waals surface area (Å²) < 4.78 is 11.4. The number of para-hydroxylation sites is 1. The number of ether oxygens (including phenoxy) is 1. The molecule has 3 nitrogen and oxygen atoms in total. The Morgan fingerprint density at radius 1 is 1.28 bits per heavy atom. The SMILES string of the molecule is CNC(CCOC(C)C)c1cc2ccccc2o1. The maximum absolute atomic E-state index is 5.86. The Morgan fingerprint density at radius 3 is 2.72 bits per heavy atom. The Hall–Kier alpha value is -1.32. The van der Waals surface area contributed by atoms with Gasteiger partial charge in [-0.2, -0.15) is 0 Å². The van der Waals surface area contributed by atoms with E-state index in [1.165, 1.54) is 0 Å². The number of hydrogen-bond donors (Lipinski definition) is 1. The summed E-state index contributed by atoms with van der Waals surface area (Å²) in [5.74, 6) is 0.978. The molecule has 0 saturated carbocycles. The van der Waals surface area contributed by atoms with Crippen LogP contribution in [0.25, 0.3) is 11.0 Å². The van der Waals surface area contributed by atoms with Gasteiger partial charge in [0.25, 0.3) is 0 Å².